The monoisotopic (exact) mass is 444 g/mol. The Labute approximate surface area is 171 Å². The second-order valence-electron chi connectivity index (χ2n) is 6.51. The number of carbonyl (C=O) groups excluding carboxylic acids is 3. The Hall–Kier alpha value is -2.87. The maximum Gasteiger partial charge on any atom is 0.319 e. The van der Waals surface area contributed by atoms with Gasteiger partial charge in [0.25, 0.3) is 5.91 Å². The van der Waals surface area contributed by atoms with Crippen LogP contribution in [-0.4, -0.2) is 30.4 Å². The standard InChI is InChI=1S/C20H21BrN4O3/c21-14-3-1-13(2-4-14)19(27)22-12-11-18(26)23-15-5-7-16(8-6-15)24-20(28)25-17-9-10-17/h1-8,17H,9-12H2,(H,22,27)(H,23,26)(H2,24,25,28). The number of halogens is 1. The molecule has 0 atom stereocenters. The topological polar surface area (TPSA) is 99.3 Å². The lowest BCUT2D eigenvalue weighted by molar-refractivity contribution is -0.116. The first-order valence-corrected chi connectivity index (χ1v) is 9.80. The molecule has 4 N–H and O–H groups in total. The Balaban J connectivity index is 1.38. The van der Waals surface area contributed by atoms with Crippen LogP contribution in [0.15, 0.2) is 53.0 Å². The van der Waals surface area contributed by atoms with Gasteiger partial charge in [-0.05, 0) is 61.4 Å². The highest BCUT2D eigenvalue weighted by molar-refractivity contribution is 9.10. The van der Waals surface area contributed by atoms with E-state index in [-0.39, 0.29) is 30.8 Å². The Kier molecular flexibility index (Phi) is 6.65. The van der Waals surface area contributed by atoms with Crippen molar-refractivity contribution in [1.82, 2.24) is 10.6 Å². The molecule has 0 aromatic heterocycles. The zero-order chi connectivity index (χ0) is 19.9. The summed E-state index contributed by atoms with van der Waals surface area (Å²) in [4.78, 5) is 35.7. The van der Waals surface area contributed by atoms with Gasteiger partial charge < -0.3 is 21.3 Å². The molecule has 4 amide bonds. The summed E-state index contributed by atoms with van der Waals surface area (Å²) >= 11 is 3.32. The van der Waals surface area contributed by atoms with Crippen molar-refractivity contribution >= 4 is 45.2 Å². The number of hydrogen-bond acceptors (Lipinski definition) is 3. The molecule has 1 saturated carbocycles. The fourth-order valence-electron chi connectivity index (χ4n) is 2.43. The molecule has 2 aromatic rings. The van der Waals surface area contributed by atoms with Crippen molar-refractivity contribution in [2.75, 3.05) is 17.2 Å². The van der Waals surface area contributed by atoms with Gasteiger partial charge in [0.05, 0.1) is 0 Å². The van der Waals surface area contributed by atoms with Crippen LogP contribution in [0.3, 0.4) is 0 Å². The molecule has 7 nitrogen and oxygen atoms in total. The van der Waals surface area contributed by atoms with Crippen molar-refractivity contribution in [3.05, 3.63) is 58.6 Å². The van der Waals surface area contributed by atoms with Crippen molar-refractivity contribution in [1.29, 1.82) is 0 Å². The molecule has 146 valence electrons. The molecule has 0 unspecified atom stereocenters. The van der Waals surface area contributed by atoms with E-state index in [9.17, 15) is 14.4 Å². The van der Waals surface area contributed by atoms with Crippen LogP contribution in [-0.2, 0) is 4.79 Å². The van der Waals surface area contributed by atoms with Gasteiger partial charge in [-0.3, -0.25) is 9.59 Å². The van der Waals surface area contributed by atoms with E-state index in [1.165, 1.54) is 0 Å². The van der Waals surface area contributed by atoms with E-state index in [0.29, 0.717) is 23.0 Å². The normalized spacial score (nSPS) is 12.8. The minimum atomic E-state index is -0.222. The zero-order valence-corrected chi connectivity index (χ0v) is 16.7. The summed E-state index contributed by atoms with van der Waals surface area (Å²) in [6, 6.07) is 13.9. The minimum absolute atomic E-state index is 0.159. The molecule has 1 aliphatic carbocycles. The average molecular weight is 445 g/mol. The molecule has 2 aromatic carbocycles. The summed E-state index contributed by atoms with van der Waals surface area (Å²) in [5.41, 5.74) is 1.81. The molecule has 0 bridgehead atoms. The van der Waals surface area contributed by atoms with E-state index in [1.807, 2.05) is 0 Å². The molecule has 28 heavy (non-hydrogen) atoms. The van der Waals surface area contributed by atoms with Crippen LogP contribution in [0.2, 0.25) is 0 Å². The van der Waals surface area contributed by atoms with E-state index in [0.717, 1.165) is 17.3 Å². The summed E-state index contributed by atoms with van der Waals surface area (Å²) in [6.45, 7) is 0.238. The van der Waals surface area contributed by atoms with Gasteiger partial charge in [-0.15, -0.1) is 0 Å². The smallest absolute Gasteiger partial charge is 0.319 e. The summed E-state index contributed by atoms with van der Waals surface area (Å²) in [5.74, 6) is -0.427. The summed E-state index contributed by atoms with van der Waals surface area (Å²) < 4.78 is 0.896. The maximum atomic E-state index is 12.0. The van der Waals surface area contributed by atoms with Crippen molar-refractivity contribution < 1.29 is 14.4 Å². The molecule has 0 spiro atoms. The SMILES string of the molecule is O=C(CCNC(=O)c1ccc(Br)cc1)Nc1ccc(NC(=O)NC2CC2)cc1. The maximum absolute atomic E-state index is 12.0. The first-order valence-electron chi connectivity index (χ1n) is 9.01. The molecule has 0 aliphatic heterocycles. The minimum Gasteiger partial charge on any atom is -0.352 e. The third kappa shape index (κ3) is 6.38. The van der Waals surface area contributed by atoms with Gasteiger partial charge in [-0.2, -0.15) is 0 Å². The van der Waals surface area contributed by atoms with Crippen LogP contribution in [0, 0.1) is 0 Å². The van der Waals surface area contributed by atoms with Gasteiger partial charge in [-0.25, -0.2) is 4.79 Å². The first kappa shape index (κ1) is 19.9. The van der Waals surface area contributed by atoms with Crippen LogP contribution >= 0.6 is 15.9 Å². The first-order chi connectivity index (χ1) is 13.5. The summed E-state index contributed by atoms with van der Waals surface area (Å²) in [5, 5.41) is 11.1. The highest BCUT2D eigenvalue weighted by atomic mass is 79.9. The Bertz CT molecular complexity index is 849. The van der Waals surface area contributed by atoms with Crippen LogP contribution < -0.4 is 21.3 Å². The van der Waals surface area contributed by atoms with Gasteiger partial charge in [0.1, 0.15) is 0 Å². The van der Waals surface area contributed by atoms with Gasteiger partial charge in [0.15, 0.2) is 0 Å². The molecule has 8 heteroatoms. The van der Waals surface area contributed by atoms with Crippen LogP contribution in [0.5, 0.6) is 0 Å². The quantitative estimate of drug-likeness (QED) is 0.525. The summed E-state index contributed by atoms with van der Waals surface area (Å²) in [7, 11) is 0. The molecular weight excluding hydrogens is 424 g/mol. The van der Waals surface area contributed by atoms with Crippen LogP contribution in [0.1, 0.15) is 29.6 Å². The highest BCUT2D eigenvalue weighted by Crippen LogP contribution is 2.19. The zero-order valence-electron chi connectivity index (χ0n) is 15.1. The lowest BCUT2D eigenvalue weighted by Crippen LogP contribution is -2.30. The Morgan fingerprint density at radius 3 is 2.11 bits per heavy atom. The lowest BCUT2D eigenvalue weighted by atomic mass is 10.2. The van der Waals surface area contributed by atoms with Gasteiger partial charge in [0, 0.05) is 40.4 Å². The van der Waals surface area contributed by atoms with Crippen molar-refractivity contribution in [2.24, 2.45) is 0 Å². The second kappa shape index (κ2) is 9.36. The number of amides is 4. The molecule has 0 saturated heterocycles. The second-order valence-corrected chi connectivity index (χ2v) is 7.43. The number of urea groups is 1. The predicted molar refractivity (Wildman–Crippen MR) is 111 cm³/mol. The third-order valence-corrected chi connectivity index (χ3v) is 4.61. The van der Waals surface area contributed by atoms with E-state index >= 15 is 0 Å². The number of carbonyl (C=O) groups is 3. The van der Waals surface area contributed by atoms with E-state index in [4.69, 9.17) is 0 Å². The Morgan fingerprint density at radius 1 is 0.893 bits per heavy atom. The molecule has 0 heterocycles. The third-order valence-electron chi connectivity index (χ3n) is 4.08. The number of anilines is 2. The van der Waals surface area contributed by atoms with Gasteiger partial charge in [0.2, 0.25) is 5.91 Å². The van der Waals surface area contributed by atoms with E-state index in [1.54, 1.807) is 48.5 Å². The van der Waals surface area contributed by atoms with Gasteiger partial charge in [-0.1, -0.05) is 15.9 Å². The average Bonchev–Trinajstić information content (AvgIpc) is 3.47. The van der Waals surface area contributed by atoms with Crippen LogP contribution in [0.4, 0.5) is 16.2 Å². The molecule has 3 rings (SSSR count). The van der Waals surface area contributed by atoms with Crippen molar-refractivity contribution in [3.8, 4) is 0 Å². The molecular formula is C20H21BrN4O3. The Morgan fingerprint density at radius 2 is 1.50 bits per heavy atom. The number of hydrogen-bond donors (Lipinski definition) is 4. The van der Waals surface area contributed by atoms with Crippen molar-refractivity contribution in [2.45, 2.75) is 25.3 Å². The molecule has 1 fully saturated rings. The number of benzene rings is 2. The predicted octanol–water partition coefficient (Wildman–Crippen LogP) is 3.49. The largest absolute Gasteiger partial charge is 0.352 e. The highest BCUT2D eigenvalue weighted by Gasteiger charge is 2.23. The van der Waals surface area contributed by atoms with E-state index in [2.05, 4.69) is 37.2 Å². The van der Waals surface area contributed by atoms with Gasteiger partial charge >= 0.3 is 6.03 Å². The van der Waals surface area contributed by atoms with Crippen molar-refractivity contribution in [3.63, 3.8) is 0 Å². The number of rotatable bonds is 7. The molecule has 0 radical (unpaired) electrons. The fraction of sp³-hybridized carbons (Fsp3) is 0.250. The number of nitrogens with one attached hydrogen (secondary N) is 4. The summed E-state index contributed by atoms with van der Waals surface area (Å²) in [6.07, 6.45) is 2.22. The molecule has 1 aliphatic rings. The fourth-order valence-corrected chi connectivity index (χ4v) is 2.70. The van der Waals surface area contributed by atoms with E-state index < -0.39 is 0 Å². The van der Waals surface area contributed by atoms with Crippen LogP contribution in [0.25, 0.3) is 0 Å². The lowest BCUT2D eigenvalue weighted by Gasteiger charge is -2.09.